The lowest BCUT2D eigenvalue weighted by Gasteiger charge is -2.20. The fraction of sp³-hybridized carbons (Fsp3) is 0.529. The highest BCUT2D eigenvalue weighted by atomic mass is 35.5. The Hall–Kier alpha value is -1.75. The molecular formula is C17H25ClN2O3. The quantitative estimate of drug-likeness (QED) is 0.534. The third-order valence-corrected chi connectivity index (χ3v) is 3.95. The number of benzene rings is 1. The molecule has 0 fully saturated rings. The number of alkyl halides is 1. The Morgan fingerprint density at radius 2 is 1.74 bits per heavy atom. The van der Waals surface area contributed by atoms with Crippen molar-refractivity contribution in [1.29, 1.82) is 0 Å². The lowest BCUT2D eigenvalue weighted by atomic mass is 9.95. The van der Waals surface area contributed by atoms with Crippen LogP contribution in [0.3, 0.4) is 0 Å². The van der Waals surface area contributed by atoms with E-state index < -0.39 is 5.41 Å². The SMILES string of the molecule is CCOc1ccc(CC(=O)NCCNC(=O)C(C)(C)CCl)cc1. The van der Waals surface area contributed by atoms with E-state index in [1.54, 1.807) is 13.8 Å². The standard InChI is InChI=1S/C17H25ClN2O3/c1-4-23-14-7-5-13(6-8-14)11-15(21)19-9-10-20-16(22)17(2,3)12-18/h5-8H,4,9-12H2,1-3H3,(H,19,21)(H,20,22). The molecule has 1 rings (SSSR count). The minimum absolute atomic E-state index is 0.0833. The molecule has 0 saturated heterocycles. The summed E-state index contributed by atoms with van der Waals surface area (Å²) >= 11 is 5.73. The maximum atomic E-state index is 11.8. The summed E-state index contributed by atoms with van der Waals surface area (Å²) in [5, 5.41) is 5.54. The molecule has 0 saturated carbocycles. The number of halogens is 1. The third kappa shape index (κ3) is 6.91. The van der Waals surface area contributed by atoms with Gasteiger partial charge in [-0.15, -0.1) is 11.6 Å². The Balaban J connectivity index is 2.28. The summed E-state index contributed by atoms with van der Waals surface area (Å²) in [5.41, 5.74) is 0.312. The molecule has 1 aromatic carbocycles. The summed E-state index contributed by atoms with van der Waals surface area (Å²) in [5.74, 6) is 0.845. The van der Waals surface area contributed by atoms with Crippen LogP contribution in [0.5, 0.6) is 5.75 Å². The van der Waals surface area contributed by atoms with Crippen LogP contribution >= 0.6 is 11.6 Å². The van der Waals surface area contributed by atoms with Crippen molar-refractivity contribution in [2.24, 2.45) is 5.41 Å². The molecule has 128 valence electrons. The Morgan fingerprint density at radius 1 is 1.13 bits per heavy atom. The van der Waals surface area contributed by atoms with Gasteiger partial charge in [-0.3, -0.25) is 9.59 Å². The molecule has 0 bridgehead atoms. The predicted molar refractivity (Wildman–Crippen MR) is 91.8 cm³/mol. The first-order chi connectivity index (χ1) is 10.9. The van der Waals surface area contributed by atoms with E-state index >= 15 is 0 Å². The second-order valence-electron chi connectivity index (χ2n) is 5.88. The average Bonchev–Trinajstić information content (AvgIpc) is 2.53. The van der Waals surface area contributed by atoms with E-state index in [0.29, 0.717) is 26.1 Å². The Labute approximate surface area is 142 Å². The number of rotatable bonds is 9. The number of nitrogens with one attached hydrogen (secondary N) is 2. The van der Waals surface area contributed by atoms with Gasteiger partial charge in [-0.05, 0) is 38.5 Å². The zero-order chi connectivity index (χ0) is 17.3. The average molecular weight is 341 g/mol. The van der Waals surface area contributed by atoms with Crippen LogP contribution < -0.4 is 15.4 Å². The highest BCUT2D eigenvalue weighted by Crippen LogP contribution is 2.16. The largest absolute Gasteiger partial charge is 0.494 e. The van der Waals surface area contributed by atoms with Gasteiger partial charge in [0.25, 0.3) is 0 Å². The topological polar surface area (TPSA) is 67.4 Å². The summed E-state index contributed by atoms with van der Waals surface area (Å²) < 4.78 is 5.35. The molecule has 2 N–H and O–H groups in total. The second kappa shape index (κ2) is 9.40. The lowest BCUT2D eigenvalue weighted by molar-refractivity contribution is -0.128. The van der Waals surface area contributed by atoms with E-state index in [1.807, 2.05) is 31.2 Å². The summed E-state index contributed by atoms with van der Waals surface area (Å²) in [6.07, 6.45) is 0.299. The van der Waals surface area contributed by atoms with Gasteiger partial charge in [-0.2, -0.15) is 0 Å². The highest BCUT2D eigenvalue weighted by Gasteiger charge is 2.25. The van der Waals surface area contributed by atoms with Crippen molar-refractivity contribution in [3.05, 3.63) is 29.8 Å². The predicted octanol–water partition coefficient (Wildman–Crippen LogP) is 2.13. The number of carbonyl (C=O) groups excluding carboxylic acids is 2. The number of carbonyl (C=O) groups is 2. The lowest BCUT2D eigenvalue weighted by Crippen LogP contribution is -2.42. The molecule has 0 unspecified atom stereocenters. The zero-order valence-corrected chi connectivity index (χ0v) is 14.7. The monoisotopic (exact) mass is 340 g/mol. The van der Waals surface area contributed by atoms with Gasteiger partial charge in [-0.1, -0.05) is 12.1 Å². The van der Waals surface area contributed by atoms with Crippen molar-refractivity contribution in [2.45, 2.75) is 27.2 Å². The summed E-state index contributed by atoms with van der Waals surface area (Å²) in [7, 11) is 0. The maximum absolute atomic E-state index is 11.8. The fourth-order valence-corrected chi connectivity index (χ4v) is 1.92. The minimum Gasteiger partial charge on any atom is -0.494 e. The summed E-state index contributed by atoms with van der Waals surface area (Å²) in [6, 6.07) is 7.44. The maximum Gasteiger partial charge on any atom is 0.226 e. The van der Waals surface area contributed by atoms with Crippen LogP contribution in [0.2, 0.25) is 0 Å². The molecule has 0 aliphatic carbocycles. The van der Waals surface area contributed by atoms with E-state index in [2.05, 4.69) is 10.6 Å². The molecule has 0 radical (unpaired) electrons. The molecule has 0 aromatic heterocycles. The van der Waals surface area contributed by atoms with Crippen LogP contribution in [0, 0.1) is 5.41 Å². The van der Waals surface area contributed by atoms with E-state index in [4.69, 9.17) is 16.3 Å². The number of hydrogen-bond donors (Lipinski definition) is 2. The first-order valence-electron chi connectivity index (χ1n) is 7.71. The highest BCUT2D eigenvalue weighted by molar-refractivity contribution is 6.19. The Kier molecular flexibility index (Phi) is 7.89. The summed E-state index contributed by atoms with van der Waals surface area (Å²) in [6.45, 7) is 6.87. The van der Waals surface area contributed by atoms with E-state index in [1.165, 1.54) is 0 Å². The van der Waals surface area contributed by atoms with Crippen LogP contribution in [0.4, 0.5) is 0 Å². The van der Waals surface area contributed by atoms with E-state index in [0.717, 1.165) is 11.3 Å². The summed E-state index contributed by atoms with van der Waals surface area (Å²) in [4.78, 5) is 23.6. The molecule has 0 spiro atoms. The smallest absolute Gasteiger partial charge is 0.226 e. The minimum atomic E-state index is -0.603. The Bertz CT molecular complexity index is 515. The first kappa shape index (κ1) is 19.3. The first-order valence-corrected chi connectivity index (χ1v) is 8.25. The molecule has 5 nitrogen and oxygen atoms in total. The number of hydrogen-bond acceptors (Lipinski definition) is 3. The molecule has 0 aliphatic heterocycles. The van der Waals surface area contributed by atoms with E-state index in [-0.39, 0.29) is 17.7 Å². The Morgan fingerprint density at radius 3 is 2.30 bits per heavy atom. The molecule has 2 amide bonds. The van der Waals surface area contributed by atoms with E-state index in [9.17, 15) is 9.59 Å². The van der Waals surface area contributed by atoms with Crippen molar-refractivity contribution in [3.63, 3.8) is 0 Å². The van der Waals surface area contributed by atoms with Crippen molar-refractivity contribution in [1.82, 2.24) is 10.6 Å². The molecule has 0 heterocycles. The molecule has 23 heavy (non-hydrogen) atoms. The third-order valence-electron chi connectivity index (χ3n) is 3.28. The molecule has 1 aromatic rings. The van der Waals surface area contributed by atoms with Crippen molar-refractivity contribution in [2.75, 3.05) is 25.6 Å². The van der Waals surface area contributed by atoms with Gasteiger partial charge in [0.15, 0.2) is 0 Å². The van der Waals surface area contributed by atoms with Gasteiger partial charge in [0.1, 0.15) is 5.75 Å². The molecule has 0 atom stereocenters. The van der Waals surface area contributed by atoms with Gasteiger partial charge in [0.2, 0.25) is 11.8 Å². The van der Waals surface area contributed by atoms with Crippen LogP contribution in [-0.4, -0.2) is 37.4 Å². The van der Waals surface area contributed by atoms with Gasteiger partial charge in [0, 0.05) is 19.0 Å². The normalized spacial score (nSPS) is 11.0. The van der Waals surface area contributed by atoms with Crippen molar-refractivity contribution >= 4 is 23.4 Å². The van der Waals surface area contributed by atoms with Crippen molar-refractivity contribution < 1.29 is 14.3 Å². The van der Waals surface area contributed by atoms with Gasteiger partial charge in [-0.25, -0.2) is 0 Å². The second-order valence-corrected chi connectivity index (χ2v) is 6.14. The van der Waals surface area contributed by atoms with Crippen LogP contribution in [-0.2, 0) is 16.0 Å². The van der Waals surface area contributed by atoms with Gasteiger partial charge in [0.05, 0.1) is 18.4 Å². The van der Waals surface area contributed by atoms with Gasteiger partial charge < -0.3 is 15.4 Å². The molecule has 6 heteroatoms. The van der Waals surface area contributed by atoms with Crippen LogP contribution in [0.1, 0.15) is 26.3 Å². The molecular weight excluding hydrogens is 316 g/mol. The van der Waals surface area contributed by atoms with Crippen LogP contribution in [0.15, 0.2) is 24.3 Å². The van der Waals surface area contributed by atoms with Crippen LogP contribution in [0.25, 0.3) is 0 Å². The molecule has 0 aliphatic rings. The number of ether oxygens (including phenoxy) is 1. The fourth-order valence-electron chi connectivity index (χ4n) is 1.80. The number of amides is 2. The zero-order valence-electron chi connectivity index (χ0n) is 13.9. The van der Waals surface area contributed by atoms with Crippen molar-refractivity contribution in [3.8, 4) is 5.75 Å². The van der Waals surface area contributed by atoms with Gasteiger partial charge >= 0.3 is 0 Å².